The molecule has 0 atom stereocenters. The van der Waals surface area contributed by atoms with Crippen molar-refractivity contribution in [2.75, 3.05) is 13.4 Å². The van der Waals surface area contributed by atoms with Gasteiger partial charge in [-0.15, -0.1) is 6.58 Å². The maximum absolute atomic E-state index is 11.9. The van der Waals surface area contributed by atoms with E-state index < -0.39 is 0 Å². The van der Waals surface area contributed by atoms with Gasteiger partial charge in [0.15, 0.2) is 6.79 Å². The minimum absolute atomic E-state index is 0.0639. The first kappa shape index (κ1) is 15.0. The van der Waals surface area contributed by atoms with Crippen LogP contribution in [0.3, 0.4) is 0 Å². The van der Waals surface area contributed by atoms with Crippen molar-refractivity contribution in [3.63, 3.8) is 0 Å². The molecule has 0 heterocycles. The molecule has 0 spiro atoms. The lowest BCUT2D eigenvalue weighted by Crippen LogP contribution is -2.09. The SMILES string of the molecule is C=CCOCOC(=O)C(C)=Cc1cccc2ccccc12. The van der Waals surface area contributed by atoms with Crippen molar-refractivity contribution in [2.24, 2.45) is 0 Å². The molecule has 2 aromatic carbocycles. The summed E-state index contributed by atoms with van der Waals surface area (Å²) in [5, 5.41) is 2.25. The molecular formula is C18H18O3. The third-order valence-electron chi connectivity index (χ3n) is 3.03. The van der Waals surface area contributed by atoms with Crippen molar-refractivity contribution >= 4 is 22.8 Å². The molecule has 0 radical (unpaired) electrons. The third-order valence-corrected chi connectivity index (χ3v) is 3.03. The third kappa shape index (κ3) is 4.04. The number of benzene rings is 2. The van der Waals surface area contributed by atoms with Gasteiger partial charge in [-0.1, -0.05) is 48.5 Å². The maximum atomic E-state index is 11.9. The molecule has 21 heavy (non-hydrogen) atoms. The van der Waals surface area contributed by atoms with Crippen molar-refractivity contribution < 1.29 is 14.3 Å². The van der Waals surface area contributed by atoms with Gasteiger partial charge in [-0.2, -0.15) is 0 Å². The maximum Gasteiger partial charge on any atom is 0.335 e. The van der Waals surface area contributed by atoms with Gasteiger partial charge in [0.2, 0.25) is 0 Å². The number of carbonyl (C=O) groups is 1. The van der Waals surface area contributed by atoms with Crippen molar-refractivity contribution in [3.8, 4) is 0 Å². The first-order chi connectivity index (χ1) is 10.2. The molecule has 0 saturated carbocycles. The Labute approximate surface area is 124 Å². The molecule has 0 bridgehead atoms. The minimum Gasteiger partial charge on any atom is -0.435 e. The highest BCUT2D eigenvalue weighted by Gasteiger charge is 2.06. The Bertz CT molecular complexity index is 666. The molecule has 2 aromatic rings. The van der Waals surface area contributed by atoms with E-state index in [2.05, 4.69) is 6.58 Å². The van der Waals surface area contributed by atoms with E-state index in [1.54, 1.807) is 13.0 Å². The van der Waals surface area contributed by atoms with E-state index in [9.17, 15) is 4.79 Å². The Kier molecular flexibility index (Phi) is 5.29. The van der Waals surface area contributed by atoms with Crippen LogP contribution in [0, 0.1) is 0 Å². The van der Waals surface area contributed by atoms with Crippen molar-refractivity contribution in [3.05, 3.63) is 66.3 Å². The molecule has 0 aliphatic heterocycles. The van der Waals surface area contributed by atoms with E-state index in [-0.39, 0.29) is 12.8 Å². The summed E-state index contributed by atoms with van der Waals surface area (Å²) < 4.78 is 10.0. The molecule has 0 aliphatic carbocycles. The van der Waals surface area contributed by atoms with Gasteiger partial charge in [0, 0.05) is 5.57 Å². The molecule has 0 unspecified atom stereocenters. The summed E-state index contributed by atoms with van der Waals surface area (Å²) in [6, 6.07) is 14.1. The topological polar surface area (TPSA) is 35.5 Å². The lowest BCUT2D eigenvalue weighted by Gasteiger charge is -2.06. The summed E-state index contributed by atoms with van der Waals surface area (Å²) in [7, 11) is 0. The van der Waals surface area contributed by atoms with Crippen LogP contribution in [0.25, 0.3) is 16.8 Å². The predicted molar refractivity (Wildman–Crippen MR) is 84.7 cm³/mol. The molecule has 0 saturated heterocycles. The molecule has 0 N–H and O–H groups in total. The molecule has 2 rings (SSSR count). The standard InChI is InChI=1S/C18H18O3/c1-3-11-20-13-21-18(19)14(2)12-16-9-6-8-15-7-4-5-10-17(15)16/h3-10,12H,1,11,13H2,2H3. The highest BCUT2D eigenvalue weighted by atomic mass is 16.7. The molecular weight excluding hydrogens is 264 g/mol. The van der Waals surface area contributed by atoms with Gasteiger partial charge in [-0.05, 0) is 29.3 Å². The van der Waals surface area contributed by atoms with E-state index in [0.29, 0.717) is 12.2 Å². The first-order valence-electron chi connectivity index (χ1n) is 6.74. The Hall–Kier alpha value is -2.39. The van der Waals surface area contributed by atoms with Crippen molar-refractivity contribution in [1.29, 1.82) is 0 Å². The zero-order valence-electron chi connectivity index (χ0n) is 12.0. The summed E-state index contributed by atoms with van der Waals surface area (Å²) in [6.07, 6.45) is 3.44. The summed E-state index contributed by atoms with van der Waals surface area (Å²) >= 11 is 0. The summed E-state index contributed by atoms with van der Waals surface area (Å²) in [4.78, 5) is 11.9. The van der Waals surface area contributed by atoms with Gasteiger partial charge in [0.1, 0.15) is 0 Å². The van der Waals surface area contributed by atoms with Gasteiger partial charge >= 0.3 is 5.97 Å². The molecule has 0 amide bonds. The molecule has 0 aliphatic rings. The van der Waals surface area contributed by atoms with E-state index in [0.717, 1.165) is 16.3 Å². The van der Waals surface area contributed by atoms with Crippen LogP contribution in [0.2, 0.25) is 0 Å². The fraction of sp³-hybridized carbons (Fsp3) is 0.167. The Morgan fingerprint density at radius 2 is 1.95 bits per heavy atom. The first-order valence-corrected chi connectivity index (χ1v) is 6.74. The van der Waals surface area contributed by atoms with Crippen LogP contribution in [0.1, 0.15) is 12.5 Å². The normalized spacial score (nSPS) is 11.4. The van der Waals surface area contributed by atoms with E-state index in [1.807, 2.05) is 48.5 Å². The van der Waals surface area contributed by atoms with Gasteiger partial charge in [0.05, 0.1) is 6.61 Å². The largest absolute Gasteiger partial charge is 0.435 e. The lowest BCUT2D eigenvalue weighted by atomic mass is 10.0. The zero-order valence-corrected chi connectivity index (χ0v) is 12.0. The fourth-order valence-corrected chi connectivity index (χ4v) is 2.01. The van der Waals surface area contributed by atoms with Gasteiger partial charge in [0.25, 0.3) is 0 Å². The van der Waals surface area contributed by atoms with Crippen LogP contribution in [-0.2, 0) is 14.3 Å². The summed E-state index contributed by atoms with van der Waals surface area (Å²) in [5.74, 6) is -0.382. The fourth-order valence-electron chi connectivity index (χ4n) is 2.01. The second-order valence-electron chi connectivity index (χ2n) is 4.60. The number of rotatable bonds is 6. The monoisotopic (exact) mass is 282 g/mol. The average Bonchev–Trinajstić information content (AvgIpc) is 2.51. The number of fused-ring (bicyclic) bond motifs is 1. The van der Waals surface area contributed by atoms with Crippen LogP contribution in [-0.4, -0.2) is 19.4 Å². The van der Waals surface area contributed by atoms with E-state index in [4.69, 9.17) is 9.47 Å². The van der Waals surface area contributed by atoms with Crippen molar-refractivity contribution in [1.82, 2.24) is 0 Å². The van der Waals surface area contributed by atoms with Crippen molar-refractivity contribution in [2.45, 2.75) is 6.92 Å². The minimum atomic E-state index is -0.382. The number of esters is 1. The van der Waals surface area contributed by atoms with Gasteiger partial charge < -0.3 is 9.47 Å². The van der Waals surface area contributed by atoms with Crippen LogP contribution in [0.5, 0.6) is 0 Å². The lowest BCUT2D eigenvalue weighted by molar-refractivity contribution is -0.150. The molecule has 3 nitrogen and oxygen atoms in total. The second-order valence-corrected chi connectivity index (χ2v) is 4.60. The second kappa shape index (κ2) is 7.41. The molecule has 0 fully saturated rings. The Morgan fingerprint density at radius 3 is 2.76 bits per heavy atom. The van der Waals surface area contributed by atoms with Crippen LogP contribution < -0.4 is 0 Å². The number of carbonyl (C=O) groups excluding carboxylic acids is 1. The summed E-state index contributed by atoms with van der Waals surface area (Å²) in [5.41, 5.74) is 1.53. The number of hydrogen-bond donors (Lipinski definition) is 0. The van der Waals surface area contributed by atoms with Crippen LogP contribution in [0.4, 0.5) is 0 Å². The zero-order chi connectivity index (χ0) is 15.1. The Balaban J connectivity index is 2.13. The molecule has 108 valence electrons. The summed E-state index contributed by atoms with van der Waals surface area (Å²) in [6.45, 7) is 5.55. The predicted octanol–water partition coefficient (Wildman–Crippen LogP) is 3.95. The number of ether oxygens (including phenoxy) is 2. The van der Waals surface area contributed by atoms with E-state index in [1.165, 1.54) is 0 Å². The highest BCUT2D eigenvalue weighted by molar-refractivity contribution is 5.97. The van der Waals surface area contributed by atoms with Gasteiger partial charge in [-0.3, -0.25) is 0 Å². The quantitative estimate of drug-likeness (QED) is 0.265. The highest BCUT2D eigenvalue weighted by Crippen LogP contribution is 2.21. The Morgan fingerprint density at radius 1 is 1.19 bits per heavy atom. The van der Waals surface area contributed by atoms with E-state index >= 15 is 0 Å². The average molecular weight is 282 g/mol. The molecule has 3 heteroatoms. The molecule has 0 aromatic heterocycles. The van der Waals surface area contributed by atoms with Gasteiger partial charge in [-0.25, -0.2) is 4.79 Å². The number of hydrogen-bond acceptors (Lipinski definition) is 3. The smallest absolute Gasteiger partial charge is 0.335 e. The van der Waals surface area contributed by atoms with Crippen LogP contribution in [0.15, 0.2) is 60.7 Å². The van der Waals surface area contributed by atoms with Crippen LogP contribution >= 0.6 is 0 Å².